The number of aryl methyl sites for hydroxylation is 2. The molecule has 3 heteroatoms. The third-order valence-corrected chi connectivity index (χ3v) is 3.95. The van der Waals surface area contributed by atoms with E-state index in [-0.39, 0.29) is 5.56 Å². The fourth-order valence-electron chi connectivity index (χ4n) is 2.54. The van der Waals surface area contributed by atoms with Crippen LogP contribution in [0.2, 0.25) is 0 Å². The van der Waals surface area contributed by atoms with E-state index in [0.29, 0.717) is 5.56 Å². The smallest absolute Gasteiger partial charge is 0.132 e. The minimum Gasteiger partial charge on any atom is -0.384 e. The number of halogens is 2. The second-order valence-electron chi connectivity index (χ2n) is 5.24. The van der Waals surface area contributed by atoms with E-state index in [4.69, 9.17) is 0 Å². The standard InChI is InChI=1S/C17H18F2O/c1-9-7-10(2)12(4)16(11(9)3)17(20)14-6-5-13(18)8-15(14)19/h5-8,17,20H,1-4H3. The first-order valence-electron chi connectivity index (χ1n) is 6.53. The summed E-state index contributed by atoms with van der Waals surface area (Å²) >= 11 is 0. The first-order valence-corrected chi connectivity index (χ1v) is 6.53. The molecule has 0 heterocycles. The SMILES string of the molecule is Cc1cc(C)c(C)c(C(O)c2ccc(F)cc2F)c1C. The molecule has 0 radical (unpaired) electrons. The van der Waals surface area contributed by atoms with Crippen molar-refractivity contribution >= 4 is 0 Å². The van der Waals surface area contributed by atoms with Gasteiger partial charge in [-0.15, -0.1) is 0 Å². The molecule has 1 atom stereocenters. The first kappa shape index (κ1) is 14.7. The summed E-state index contributed by atoms with van der Waals surface area (Å²) in [6, 6.07) is 5.30. The molecule has 2 rings (SSSR count). The average molecular weight is 276 g/mol. The molecule has 1 N–H and O–H groups in total. The van der Waals surface area contributed by atoms with Crippen molar-refractivity contribution in [2.45, 2.75) is 33.8 Å². The van der Waals surface area contributed by atoms with Gasteiger partial charge in [0.2, 0.25) is 0 Å². The maximum absolute atomic E-state index is 13.9. The average Bonchev–Trinajstić information content (AvgIpc) is 2.36. The van der Waals surface area contributed by atoms with E-state index in [1.165, 1.54) is 6.07 Å². The molecule has 0 aliphatic rings. The number of benzene rings is 2. The van der Waals surface area contributed by atoms with E-state index in [2.05, 4.69) is 0 Å². The van der Waals surface area contributed by atoms with Gasteiger partial charge in [-0.3, -0.25) is 0 Å². The van der Waals surface area contributed by atoms with Crippen molar-refractivity contribution in [2.75, 3.05) is 0 Å². The number of aliphatic hydroxyl groups is 1. The summed E-state index contributed by atoms with van der Waals surface area (Å²) in [6.07, 6.45) is -1.09. The molecule has 0 saturated carbocycles. The predicted octanol–water partition coefficient (Wildman–Crippen LogP) is 4.28. The number of hydrogen-bond acceptors (Lipinski definition) is 1. The summed E-state index contributed by atoms with van der Waals surface area (Å²) in [5, 5.41) is 10.5. The van der Waals surface area contributed by atoms with Crippen molar-refractivity contribution < 1.29 is 13.9 Å². The fourth-order valence-corrected chi connectivity index (χ4v) is 2.54. The van der Waals surface area contributed by atoms with E-state index in [9.17, 15) is 13.9 Å². The van der Waals surface area contributed by atoms with Gasteiger partial charge >= 0.3 is 0 Å². The number of aliphatic hydroxyl groups excluding tert-OH is 1. The molecule has 2 aromatic carbocycles. The third kappa shape index (κ3) is 2.46. The van der Waals surface area contributed by atoms with Crippen LogP contribution in [-0.4, -0.2) is 5.11 Å². The van der Waals surface area contributed by atoms with Crippen LogP contribution in [0.5, 0.6) is 0 Å². The lowest BCUT2D eigenvalue weighted by Gasteiger charge is -2.21. The van der Waals surface area contributed by atoms with Crippen LogP contribution in [0.4, 0.5) is 8.78 Å². The predicted molar refractivity (Wildman–Crippen MR) is 75.8 cm³/mol. The normalized spacial score (nSPS) is 12.6. The van der Waals surface area contributed by atoms with Crippen LogP contribution < -0.4 is 0 Å². The van der Waals surface area contributed by atoms with E-state index in [1.807, 2.05) is 33.8 Å². The molecule has 0 amide bonds. The van der Waals surface area contributed by atoms with Crippen molar-refractivity contribution in [1.82, 2.24) is 0 Å². The van der Waals surface area contributed by atoms with E-state index in [1.54, 1.807) is 0 Å². The van der Waals surface area contributed by atoms with Crippen molar-refractivity contribution in [3.63, 3.8) is 0 Å². The van der Waals surface area contributed by atoms with Crippen molar-refractivity contribution in [2.24, 2.45) is 0 Å². The monoisotopic (exact) mass is 276 g/mol. The molecule has 20 heavy (non-hydrogen) atoms. The van der Waals surface area contributed by atoms with Gasteiger partial charge in [0.1, 0.15) is 17.7 Å². The summed E-state index contributed by atoms with van der Waals surface area (Å²) < 4.78 is 26.8. The molecule has 0 aliphatic carbocycles. The Hall–Kier alpha value is -1.74. The van der Waals surface area contributed by atoms with Gasteiger partial charge in [0, 0.05) is 11.6 Å². The second-order valence-corrected chi connectivity index (χ2v) is 5.24. The quantitative estimate of drug-likeness (QED) is 0.868. The minimum absolute atomic E-state index is 0.0996. The van der Waals surface area contributed by atoms with Gasteiger partial charge in [0.15, 0.2) is 0 Å². The lowest BCUT2D eigenvalue weighted by Crippen LogP contribution is -2.09. The molecule has 0 aromatic heterocycles. The molecular formula is C17H18F2O. The number of rotatable bonds is 2. The van der Waals surface area contributed by atoms with Crippen LogP contribution in [0, 0.1) is 39.3 Å². The summed E-state index contributed by atoms with van der Waals surface area (Å²) in [5.41, 5.74) is 4.76. The maximum Gasteiger partial charge on any atom is 0.132 e. The summed E-state index contributed by atoms with van der Waals surface area (Å²) in [7, 11) is 0. The van der Waals surface area contributed by atoms with Gasteiger partial charge in [-0.05, 0) is 61.6 Å². The van der Waals surface area contributed by atoms with Gasteiger partial charge in [-0.2, -0.15) is 0 Å². The zero-order chi connectivity index (χ0) is 15.0. The van der Waals surface area contributed by atoms with Gasteiger partial charge < -0.3 is 5.11 Å². The molecule has 0 saturated heterocycles. The molecule has 0 spiro atoms. The Labute approximate surface area is 117 Å². The van der Waals surface area contributed by atoms with Crippen LogP contribution in [0.1, 0.15) is 39.5 Å². The molecule has 106 valence electrons. The second kappa shape index (κ2) is 5.33. The topological polar surface area (TPSA) is 20.2 Å². The Morgan fingerprint density at radius 3 is 1.95 bits per heavy atom. The summed E-state index contributed by atoms with van der Waals surface area (Å²) in [4.78, 5) is 0. The summed E-state index contributed by atoms with van der Waals surface area (Å²) in [6.45, 7) is 7.72. The van der Waals surface area contributed by atoms with E-state index in [0.717, 1.165) is 34.4 Å². The maximum atomic E-state index is 13.9. The van der Waals surface area contributed by atoms with Gasteiger partial charge in [0.25, 0.3) is 0 Å². The highest BCUT2D eigenvalue weighted by Crippen LogP contribution is 2.32. The van der Waals surface area contributed by atoms with Gasteiger partial charge in [-0.25, -0.2) is 8.78 Å². The third-order valence-electron chi connectivity index (χ3n) is 3.95. The molecule has 1 nitrogen and oxygen atoms in total. The van der Waals surface area contributed by atoms with Crippen LogP contribution in [0.3, 0.4) is 0 Å². The zero-order valence-corrected chi connectivity index (χ0v) is 12.1. The van der Waals surface area contributed by atoms with Crippen LogP contribution >= 0.6 is 0 Å². The summed E-state index contributed by atoms with van der Waals surface area (Å²) in [5.74, 6) is -1.37. The van der Waals surface area contributed by atoms with E-state index >= 15 is 0 Å². The highest BCUT2D eigenvalue weighted by Gasteiger charge is 2.21. The van der Waals surface area contributed by atoms with Crippen LogP contribution in [-0.2, 0) is 0 Å². The Bertz CT molecular complexity index is 636. The van der Waals surface area contributed by atoms with Gasteiger partial charge in [0.05, 0.1) is 0 Å². The van der Waals surface area contributed by atoms with E-state index < -0.39 is 17.7 Å². The molecule has 0 fully saturated rings. The largest absolute Gasteiger partial charge is 0.384 e. The molecular weight excluding hydrogens is 258 g/mol. The molecule has 2 aromatic rings. The Morgan fingerprint density at radius 1 is 0.900 bits per heavy atom. The molecule has 0 bridgehead atoms. The Balaban J connectivity index is 2.62. The van der Waals surface area contributed by atoms with Crippen LogP contribution in [0.15, 0.2) is 24.3 Å². The molecule has 0 aliphatic heterocycles. The lowest BCUT2D eigenvalue weighted by atomic mass is 9.88. The van der Waals surface area contributed by atoms with Crippen molar-refractivity contribution in [3.8, 4) is 0 Å². The fraction of sp³-hybridized carbons (Fsp3) is 0.294. The molecule has 1 unspecified atom stereocenters. The van der Waals surface area contributed by atoms with Crippen LogP contribution in [0.25, 0.3) is 0 Å². The number of hydrogen-bond donors (Lipinski definition) is 1. The minimum atomic E-state index is -1.09. The first-order chi connectivity index (χ1) is 9.32. The van der Waals surface area contributed by atoms with Crippen molar-refractivity contribution in [1.29, 1.82) is 0 Å². The van der Waals surface area contributed by atoms with Crippen molar-refractivity contribution in [3.05, 3.63) is 69.3 Å². The lowest BCUT2D eigenvalue weighted by molar-refractivity contribution is 0.213. The van der Waals surface area contributed by atoms with Gasteiger partial charge in [-0.1, -0.05) is 12.1 Å². The Kier molecular flexibility index (Phi) is 3.91. The highest BCUT2D eigenvalue weighted by molar-refractivity contribution is 5.48. The zero-order valence-electron chi connectivity index (χ0n) is 12.1. The Morgan fingerprint density at radius 2 is 1.45 bits per heavy atom. The highest BCUT2D eigenvalue weighted by atomic mass is 19.1.